The Morgan fingerprint density at radius 1 is 0.371 bits per heavy atom. The molecule has 524 valence electrons. The summed E-state index contributed by atoms with van der Waals surface area (Å²) in [5.41, 5.74) is 0. The minimum atomic E-state index is -4.96. The van der Waals surface area contributed by atoms with Crippen LogP contribution in [0.25, 0.3) is 0 Å². The second-order valence-electron chi connectivity index (χ2n) is 25.8. The van der Waals surface area contributed by atoms with Crippen LogP contribution in [0.15, 0.2) is 24.3 Å². The van der Waals surface area contributed by atoms with Crippen molar-refractivity contribution in [2.24, 2.45) is 17.8 Å². The van der Waals surface area contributed by atoms with E-state index in [9.17, 15) is 43.2 Å². The lowest BCUT2D eigenvalue weighted by atomic mass is 10.00. The zero-order chi connectivity index (χ0) is 65.9. The van der Waals surface area contributed by atoms with Crippen LogP contribution in [-0.2, 0) is 65.4 Å². The zero-order valence-electron chi connectivity index (χ0n) is 57.4. The molecule has 0 aliphatic heterocycles. The van der Waals surface area contributed by atoms with Crippen molar-refractivity contribution in [1.82, 2.24) is 0 Å². The fraction of sp³-hybridized carbons (Fsp3) is 0.886. The molecule has 6 atom stereocenters. The summed E-state index contributed by atoms with van der Waals surface area (Å²) in [7, 11) is -9.91. The number of allylic oxidation sites excluding steroid dienone is 4. The number of aliphatic hydroxyl groups excluding tert-OH is 1. The van der Waals surface area contributed by atoms with Crippen LogP contribution >= 0.6 is 15.6 Å². The molecule has 19 heteroatoms. The van der Waals surface area contributed by atoms with Crippen LogP contribution in [-0.4, -0.2) is 96.7 Å². The van der Waals surface area contributed by atoms with Crippen molar-refractivity contribution < 1.29 is 80.2 Å². The van der Waals surface area contributed by atoms with Crippen LogP contribution in [0.4, 0.5) is 0 Å². The molecule has 3 N–H and O–H groups in total. The van der Waals surface area contributed by atoms with E-state index in [1.807, 2.05) is 0 Å². The number of ether oxygens (including phenoxy) is 4. The Bertz CT molecular complexity index is 1840. The van der Waals surface area contributed by atoms with E-state index in [1.54, 1.807) is 0 Å². The molecule has 0 rings (SSSR count). The van der Waals surface area contributed by atoms with E-state index in [4.69, 9.17) is 37.0 Å². The lowest BCUT2D eigenvalue weighted by Gasteiger charge is -2.21. The van der Waals surface area contributed by atoms with Gasteiger partial charge in [0.15, 0.2) is 12.2 Å². The van der Waals surface area contributed by atoms with Gasteiger partial charge in [-0.2, -0.15) is 0 Å². The van der Waals surface area contributed by atoms with E-state index in [0.717, 1.165) is 127 Å². The molecule has 0 saturated carbocycles. The second kappa shape index (κ2) is 60.5. The standard InChI is InChI=1S/C70H132O17P2/c1-8-10-11-12-13-14-15-16-17-18-22-25-28-37-44-51-67(72)80-57-65(86-69(74)53-46-39-29-26-23-20-19-21-24-27-34-41-48-61(3)4)59-84-88(76,77)82-55-64(71)56-83-89(78,79)85-60-66(87-70(75)54-47-40-32-30-35-42-49-62(5)6)58-81-68(73)52-45-38-33-31-36-43-50-63(7)9-2/h14-17,61-66,71H,8-13,18-60H2,1-7H3,(H,76,77)(H,78,79)/b15-14-,17-16-/t63?,64-,65-,66-/m1/s1. The number of hydrogen-bond acceptors (Lipinski definition) is 15. The Morgan fingerprint density at radius 2 is 0.663 bits per heavy atom. The SMILES string of the molecule is CCCCCC/C=C\C=C/CCCCCCCC(=O)OC[C@H](COP(=O)(O)OC[C@@H](O)COP(=O)(O)OC[C@@H](COC(=O)CCCCCCCCC(C)CC)OC(=O)CCCCCCCCC(C)C)OC(=O)CCCCCCCCCCCCCCC(C)C. The van der Waals surface area contributed by atoms with Crippen LogP contribution in [0.3, 0.4) is 0 Å². The van der Waals surface area contributed by atoms with Gasteiger partial charge in [0.1, 0.15) is 19.3 Å². The van der Waals surface area contributed by atoms with Crippen LogP contribution in [0.2, 0.25) is 0 Å². The van der Waals surface area contributed by atoms with Gasteiger partial charge in [-0.05, 0) is 69.1 Å². The van der Waals surface area contributed by atoms with Crippen LogP contribution in [0.1, 0.15) is 325 Å². The van der Waals surface area contributed by atoms with Crippen LogP contribution in [0, 0.1) is 17.8 Å². The highest BCUT2D eigenvalue weighted by molar-refractivity contribution is 7.47. The highest BCUT2D eigenvalue weighted by Gasteiger charge is 2.30. The maximum Gasteiger partial charge on any atom is 0.472 e. The maximum absolute atomic E-state index is 13.0. The zero-order valence-corrected chi connectivity index (χ0v) is 59.2. The Morgan fingerprint density at radius 3 is 1.00 bits per heavy atom. The van der Waals surface area contributed by atoms with Gasteiger partial charge in [-0.25, -0.2) is 9.13 Å². The molecule has 3 unspecified atom stereocenters. The van der Waals surface area contributed by atoms with E-state index in [-0.39, 0.29) is 25.7 Å². The van der Waals surface area contributed by atoms with Crippen molar-refractivity contribution in [2.75, 3.05) is 39.6 Å². The molecule has 0 aromatic heterocycles. The third-order valence-electron chi connectivity index (χ3n) is 15.9. The molecule has 0 aliphatic rings. The Kier molecular flexibility index (Phi) is 58.8. The van der Waals surface area contributed by atoms with Crippen molar-refractivity contribution in [2.45, 2.75) is 343 Å². The summed E-state index contributed by atoms with van der Waals surface area (Å²) < 4.78 is 68.2. The van der Waals surface area contributed by atoms with E-state index in [0.29, 0.717) is 31.6 Å². The Balaban J connectivity index is 5.28. The van der Waals surface area contributed by atoms with E-state index >= 15 is 0 Å². The third kappa shape index (κ3) is 62.7. The molecule has 0 aromatic carbocycles. The smallest absolute Gasteiger partial charge is 0.462 e. The van der Waals surface area contributed by atoms with Gasteiger partial charge in [-0.1, -0.05) is 272 Å². The first-order valence-corrected chi connectivity index (χ1v) is 38.7. The van der Waals surface area contributed by atoms with Gasteiger partial charge in [0, 0.05) is 25.7 Å². The third-order valence-corrected chi connectivity index (χ3v) is 17.8. The molecule has 17 nitrogen and oxygen atoms in total. The predicted octanol–water partition coefficient (Wildman–Crippen LogP) is 19.4. The fourth-order valence-corrected chi connectivity index (χ4v) is 11.5. The predicted molar refractivity (Wildman–Crippen MR) is 358 cm³/mol. The second-order valence-corrected chi connectivity index (χ2v) is 28.7. The number of rotatable bonds is 66. The monoisotopic (exact) mass is 1310 g/mol. The summed E-state index contributed by atoms with van der Waals surface area (Å²) in [4.78, 5) is 72.4. The van der Waals surface area contributed by atoms with Gasteiger partial charge in [-0.15, -0.1) is 0 Å². The molecule has 0 radical (unpaired) electrons. The van der Waals surface area contributed by atoms with Crippen molar-refractivity contribution in [3.8, 4) is 0 Å². The van der Waals surface area contributed by atoms with E-state index in [2.05, 4.69) is 72.8 Å². The average Bonchev–Trinajstić information content (AvgIpc) is 3.67. The van der Waals surface area contributed by atoms with E-state index < -0.39 is 97.5 Å². The van der Waals surface area contributed by atoms with Crippen molar-refractivity contribution in [1.29, 1.82) is 0 Å². The van der Waals surface area contributed by atoms with Gasteiger partial charge in [0.25, 0.3) is 0 Å². The number of phosphoric acid groups is 2. The van der Waals surface area contributed by atoms with E-state index in [1.165, 1.54) is 109 Å². The first kappa shape index (κ1) is 86.5. The topological polar surface area (TPSA) is 237 Å². The number of aliphatic hydroxyl groups is 1. The molecule has 0 bridgehead atoms. The fourth-order valence-electron chi connectivity index (χ4n) is 9.97. The number of unbranched alkanes of at least 4 members (excludes halogenated alkanes) is 30. The number of hydrogen-bond donors (Lipinski definition) is 3. The summed E-state index contributed by atoms with van der Waals surface area (Å²) >= 11 is 0. The summed E-state index contributed by atoms with van der Waals surface area (Å²) in [6.07, 6.45) is 46.9. The van der Waals surface area contributed by atoms with Gasteiger partial charge in [0.05, 0.1) is 26.4 Å². The minimum absolute atomic E-state index is 0.0986. The number of phosphoric ester groups is 2. The minimum Gasteiger partial charge on any atom is -0.462 e. The largest absolute Gasteiger partial charge is 0.472 e. The summed E-state index contributed by atoms with van der Waals surface area (Å²) in [5.74, 6) is 0.00849. The van der Waals surface area contributed by atoms with Gasteiger partial charge in [-0.3, -0.25) is 37.3 Å². The molecule has 0 fully saturated rings. The molecule has 0 aliphatic carbocycles. The lowest BCUT2D eigenvalue weighted by Crippen LogP contribution is -2.30. The first-order valence-electron chi connectivity index (χ1n) is 35.7. The summed E-state index contributed by atoms with van der Waals surface area (Å²) in [5, 5.41) is 10.6. The molecule has 0 spiro atoms. The molecule has 0 heterocycles. The Labute approximate surface area is 542 Å². The number of carbonyl (C=O) groups excluding carboxylic acids is 4. The van der Waals surface area contributed by atoms with Crippen molar-refractivity contribution in [3.63, 3.8) is 0 Å². The summed E-state index contributed by atoms with van der Waals surface area (Å²) in [6, 6.07) is 0. The molecule has 0 amide bonds. The quantitative estimate of drug-likeness (QED) is 0.0169. The molecular weight excluding hydrogens is 1170 g/mol. The normalized spacial score (nSPS) is 14.7. The average molecular weight is 1310 g/mol. The maximum atomic E-state index is 13.0. The highest BCUT2D eigenvalue weighted by Crippen LogP contribution is 2.45. The number of carbonyl (C=O) groups is 4. The van der Waals surface area contributed by atoms with Gasteiger partial charge < -0.3 is 33.8 Å². The Hall–Kier alpha value is -2.46. The van der Waals surface area contributed by atoms with Gasteiger partial charge in [0.2, 0.25) is 0 Å². The van der Waals surface area contributed by atoms with Gasteiger partial charge >= 0.3 is 39.5 Å². The molecule has 89 heavy (non-hydrogen) atoms. The molecular formula is C70H132O17P2. The van der Waals surface area contributed by atoms with Crippen molar-refractivity contribution in [3.05, 3.63) is 24.3 Å². The van der Waals surface area contributed by atoms with Crippen LogP contribution < -0.4 is 0 Å². The first-order chi connectivity index (χ1) is 42.8. The summed E-state index contributed by atoms with van der Waals surface area (Å²) in [6.45, 7) is 11.6. The van der Waals surface area contributed by atoms with Crippen molar-refractivity contribution >= 4 is 39.5 Å². The number of esters is 4. The lowest BCUT2D eigenvalue weighted by molar-refractivity contribution is -0.161. The molecule has 0 aromatic rings. The molecule has 0 saturated heterocycles. The van der Waals surface area contributed by atoms with Crippen LogP contribution in [0.5, 0.6) is 0 Å². The highest BCUT2D eigenvalue weighted by atomic mass is 31.2.